The van der Waals surface area contributed by atoms with Crippen LogP contribution in [-0.2, 0) is 5.41 Å². The first-order chi connectivity index (χ1) is 42.2. The summed E-state index contributed by atoms with van der Waals surface area (Å²) < 4.78 is 4.78. The van der Waals surface area contributed by atoms with Crippen LogP contribution in [0.15, 0.2) is 315 Å². The monoisotopic (exact) mass is 1080 g/mol. The van der Waals surface area contributed by atoms with Crippen molar-refractivity contribution in [2.75, 3.05) is 9.80 Å². The summed E-state index contributed by atoms with van der Waals surface area (Å²) in [4.78, 5) is 4.85. The fourth-order valence-corrected chi connectivity index (χ4v) is 15.0. The predicted molar refractivity (Wildman–Crippen MR) is 356 cm³/mol. The average molecular weight is 1080 g/mol. The molecule has 2 aliphatic carbocycles. The molecule has 16 aromatic rings. The molecule has 2 heterocycles. The maximum absolute atomic E-state index is 2.43. The van der Waals surface area contributed by atoms with E-state index < -0.39 is 5.41 Å². The van der Waals surface area contributed by atoms with Crippen molar-refractivity contribution in [3.63, 3.8) is 0 Å². The third-order valence-electron chi connectivity index (χ3n) is 18.4. The number of fused-ring (bicyclic) bond motifs is 20. The van der Waals surface area contributed by atoms with Crippen molar-refractivity contribution in [1.29, 1.82) is 0 Å². The minimum absolute atomic E-state index is 0.603. The van der Waals surface area contributed by atoms with Gasteiger partial charge >= 0.3 is 0 Å². The lowest BCUT2D eigenvalue weighted by atomic mass is 9.68. The zero-order valence-electron chi connectivity index (χ0n) is 46.3. The Balaban J connectivity index is 0.823. The lowest BCUT2D eigenvalue weighted by Crippen LogP contribution is -2.26. The Labute approximate surface area is 492 Å². The van der Waals surface area contributed by atoms with Gasteiger partial charge < -0.3 is 18.9 Å². The molecule has 0 saturated carbocycles. The molecule has 0 saturated heterocycles. The van der Waals surface area contributed by atoms with Gasteiger partial charge in [-0.15, -0.1) is 0 Å². The summed E-state index contributed by atoms with van der Waals surface area (Å²) in [6.07, 6.45) is 0. The molecule has 0 radical (unpaired) electrons. The van der Waals surface area contributed by atoms with Crippen molar-refractivity contribution < 1.29 is 0 Å². The molecule has 0 aliphatic heterocycles. The zero-order valence-corrected chi connectivity index (χ0v) is 46.3. The minimum atomic E-state index is -0.603. The number of para-hydroxylation sites is 6. The molecule has 1 spiro atoms. The van der Waals surface area contributed by atoms with Crippen LogP contribution in [0.25, 0.3) is 98.8 Å². The third-order valence-corrected chi connectivity index (χ3v) is 18.4. The quantitative estimate of drug-likeness (QED) is 0.151. The van der Waals surface area contributed by atoms with Crippen molar-refractivity contribution >= 4 is 99.3 Å². The maximum Gasteiger partial charge on any atom is 0.0737 e. The van der Waals surface area contributed by atoms with Gasteiger partial charge in [-0.25, -0.2) is 0 Å². The lowest BCUT2D eigenvalue weighted by Gasteiger charge is -2.33. The molecule has 0 bridgehead atoms. The van der Waals surface area contributed by atoms with Crippen LogP contribution in [0.4, 0.5) is 34.1 Å². The number of hydrogen-bond donors (Lipinski definition) is 0. The molecule has 2 aromatic heterocycles. The molecule has 2 aliphatic rings. The molecule has 0 atom stereocenters. The van der Waals surface area contributed by atoms with E-state index in [1.807, 2.05) is 0 Å². The van der Waals surface area contributed by atoms with Crippen LogP contribution in [0.2, 0.25) is 0 Å². The zero-order chi connectivity index (χ0) is 55.7. The van der Waals surface area contributed by atoms with E-state index in [9.17, 15) is 0 Å². The van der Waals surface area contributed by atoms with Crippen LogP contribution >= 0.6 is 0 Å². The van der Waals surface area contributed by atoms with Gasteiger partial charge in [0.15, 0.2) is 0 Å². The van der Waals surface area contributed by atoms with Crippen molar-refractivity contribution in [3.8, 4) is 33.6 Å². The van der Waals surface area contributed by atoms with Gasteiger partial charge in [0.2, 0.25) is 0 Å². The van der Waals surface area contributed by atoms with E-state index in [2.05, 4.69) is 334 Å². The molecule has 0 fully saturated rings. The Hall–Kier alpha value is -11.2. The van der Waals surface area contributed by atoms with E-state index in [-0.39, 0.29) is 0 Å². The minimum Gasteiger partial charge on any atom is -0.310 e. The highest BCUT2D eigenvalue weighted by Gasteiger charge is 2.53. The summed E-state index contributed by atoms with van der Waals surface area (Å²) in [5.74, 6) is 0. The van der Waals surface area contributed by atoms with E-state index >= 15 is 0 Å². The predicted octanol–water partition coefficient (Wildman–Crippen LogP) is 21.5. The van der Waals surface area contributed by atoms with Crippen molar-refractivity contribution in [2.24, 2.45) is 0 Å². The number of hydrogen-bond acceptors (Lipinski definition) is 2. The molecule has 85 heavy (non-hydrogen) atoms. The van der Waals surface area contributed by atoms with E-state index in [0.717, 1.165) is 45.5 Å². The summed E-state index contributed by atoms with van der Waals surface area (Å²) in [7, 11) is 0. The maximum atomic E-state index is 2.43. The number of rotatable bonds is 8. The van der Waals surface area contributed by atoms with Gasteiger partial charge in [0, 0.05) is 67.0 Å². The summed E-state index contributed by atoms with van der Waals surface area (Å²) >= 11 is 0. The first kappa shape index (κ1) is 47.4. The summed E-state index contributed by atoms with van der Waals surface area (Å²) in [6.45, 7) is 0. The molecule has 18 rings (SSSR count). The van der Waals surface area contributed by atoms with Gasteiger partial charge in [0.1, 0.15) is 0 Å². The van der Waals surface area contributed by atoms with Crippen LogP contribution in [0.3, 0.4) is 0 Å². The van der Waals surface area contributed by atoms with Crippen molar-refractivity contribution in [3.05, 3.63) is 338 Å². The molecule has 4 heteroatoms. The molecule has 4 nitrogen and oxygen atoms in total. The Kier molecular flexibility index (Phi) is 10.3. The average Bonchev–Trinajstić information content (AvgIpc) is 1.54. The number of anilines is 6. The molecule has 0 amide bonds. The molecular weight excluding hydrogens is 1030 g/mol. The highest BCUT2D eigenvalue weighted by atomic mass is 15.1. The smallest absolute Gasteiger partial charge is 0.0737 e. The van der Waals surface area contributed by atoms with E-state index in [1.54, 1.807) is 0 Å². The first-order valence-corrected chi connectivity index (χ1v) is 29.4. The molecule has 14 aromatic carbocycles. The summed E-state index contributed by atoms with van der Waals surface area (Å²) in [5.41, 5.74) is 23.5. The Morgan fingerprint density at radius 2 is 0.576 bits per heavy atom. The standard InChI is InChI=1S/C81H52N4/c1-5-21-55(22-6-1)82(61-41-47-77-71(51-61)67-31-15-19-35-75(67)84(77)57-25-9-3-10-26-57)59-39-45-63-53(49-59)37-43-69-70-44-38-54-50-60(40-46-64(54)80(70)81(79(63)69)73-33-17-13-29-65(73)66-30-14-18-34-74(66)81)83(56-23-7-2-8-24-56)62-42-48-78-72(52-62)68-32-16-20-36-76(68)85(78)58-27-11-4-12-28-58/h1-52H. The molecule has 0 N–H and O–H groups in total. The van der Waals surface area contributed by atoms with Crippen molar-refractivity contribution in [1.82, 2.24) is 9.13 Å². The van der Waals surface area contributed by atoms with E-state index in [1.165, 1.54) is 110 Å². The van der Waals surface area contributed by atoms with Gasteiger partial charge in [0.25, 0.3) is 0 Å². The van der Waals surface area contributed by atoms with Crippen molar-refractivity contribution in [2.45, 2.75) is 5.41 Å². The highest BCUT2D eigenvalue weighted by molar-refractivity contribution is 6.14. The third kappa shape index (κ3) is 6.85. The van der Waals surface area contributed by atoms with Crippen LogP contribution in [0.1, 0.15) is 22.3 Å². The second-order valence-electron chi connectivity index (χ2n) is 22.7. The van der Waals surface area contributed by atoms with Gasteiger partial charge in [-0.3, -0.25) is 0 Å². The fourth-order valence-electron chi connectivity index (χ4n) is 15.0. The van der Waals surface area contributed by atoms with E-state index in [0.29, 0.717) is 0 Å². The van der Waals surface area contributed by atoms with Gasteiger partial charge in [-0.1, -0.05) is 194 Å². The van der Waals surface area contributed by atoms with Gasteiger partial charge in [-0.2, -0.15) is 0 Å². The topological polar surface area (TPSA) is 16.3 Å². The van der Waals surface area contributed by atoms with Crippen LogP contribution in [0.5, 0.6) is 0 Å². The Bertz CT molecular complexity index is 5030. The normalized spacial score (nSPS) is 12.8. The van der Waals surface area contributed by atoms with Gasteiger partial charge in [-0.05, 0) is 187 Å². The number of benzene rings is 14. The molecule has 0 unspecified atom stereocenters. The Morgan fingerprint density at radius 1 is 0.224 bits per heavy atom. The second kappa shape index (κ2) is 18.4. The Morgan fingerprint density at radius 3 is 1.02 bits per heavy atom. The molecular formula is C81H52N4. The summed E-state index contributed by atoms with van der Waals surface area (Å²) in [5, 5.41) is 9.78. The van der Waals surface area contributed by atoms with E-state index in [4.69, 9.17) is 0 Å². The van der Waals surface area contributed by atoms with Gasteiger partial charge in [0.05, 0.1) is 27.5 Å². The number of nitrogens with zero attached hydrogens (tertiary/aromatic N) is 4. The lowest BCUT2D eigenvalue weighted by molar-refractivity contribution is 0.809. The highest BCUT2D eigenvalue weighted by Crippen LogP contribution is 2.65. The largest absolute Gasteiger partial charge is 0.310 e. The molecule has 396 valence electrons. The number of aromatic nitrogens is 2. The SMILES string of the molecule is c1ccc(N(c2ccc3c4c(ccc3c2)-c2ccc3cc(N(c5ccccc5)c5ccc6c(c5)c5ccccc5n6-c5ccccc5)ccc3c2C42c3ccccc3-c3ccccc32)c2ccc3c(c2)c2ccccc2n3-c2ccccc2)cc1. The summed E-state index contributed by atoms with van der Waals surface area (Å²) in [6, 6.07) is 117. The first-order valence-electron chi connectivity index (χ1n) is 29.4. The van der Waals surface area contributed by atoms with Crippen LogP contribution in [-0.4, -0.2) is 9.13 Å². The van der Waals surface area contributed by atoms with Crippen LogP contribution < -0.4 is 9.80 Å². The van der Waals surface area contributed by atoms with Crippen LogP contribution in [0, 0.1) is 0 Å². The fraction of sp³-hybridized carbons (Fsp3) is 0.0123. The second-order valence-corrected chi connectivity index (χ2v) is 22.7.